The molecule has 0 fully saturated rings. The molecule has 0 aliphatic heterocycles. The van der Waals surface area contributed by atoms with Gasteiger partial charge in [0.1, 0.15) is 0 Å². The summed E-state index contributed by atoms with van der Waals surface area (Å²) < 4.78 is 30.0. The molecule has 3 aromatic rings. The van der Waals surface area contributed by atoms with Crippen LogP contribution in [0.1, 0.15) is 43.7 Å². The quantitative estimate of drug-likeness (QED) is 0.213. The third kappa shape index (κ3) is 6.40. The Labute approximate surface area is 201 Å². The molecule has 0 heterocycles. The monoisotopic (exact) mass is 461 g/mol. The standard InChI is InChI=1S/C30H33F2NO/c1-4-6-7-9-22-11-15-24(16-12-22)26-19-20-27(30(32)29(26)31)25-17-13-23(14-18-25)10-8-21-33(3)28(34)5-2/h5,11-20H,2,4,6-10,21H2,1,3H3. The number of benzene rings is 3. The second-order valence-corrected chi connectivity index (χ2v) is 8.71. The van der Waals surface area contributed by atoms with E-state index in [-0.39, 0.29) is 17.0 Å². The third-order valence-electron chi connectivity index (χ3n) is 6.19. The van der Waals surface area contributed by atoms with Crippen molar-refractivity contribution < 1.29 is 13.6 Å². The molecule has 0 N–H and O–H groups in total. The Morgan fingerprint density at radius 1 is 0.794 bits per heavy atom. The molecule has 0 saturated heterocycles. The molecule has 3 rings (SSSR count). The Kier molecular flexibility index (Phi) is 9.15. The summed E-state index contributed by atoms with van der Waals surface area (Å²) in [5.74, 6) is -1.75. The van der Waals surface area contributed by atoms with Crippen LogP contribution in [0.4, 0.5) is 8.78 Å². The number of hydrogen-bond acceptors (Lipinski definition) is 1. The molecule has 0 aliphatic rings. The summed E-state index contributed by atoms with van der Waals surface area (Å²) in [6.07, 6.45) is 7.41. The number of unbranched alkanes of at least 4 members (excludes halogenated alkanes) is 2. The molecule has 0 spiro atoms. The number of carbonyl (C=O) groups excluding carboxylic acids is 1. The Bertz CT molecular complexity index is 1100. The van der Waals surface area contributed by atoms with Gasteiger partial charge in [-0.15, -0.1) is 0 Å². The van der Waals surface area contributed by atoms with Crippen LogP contribution in [0.15, 0.2) is 73.3 Å². The van der Waals surface area contributed by atoms with Gasteiger partial charge < -0.3 is 4.90 Å². The maximum atomic E-state index is 15.0. The highest BCUT2D eigenvalue weighted by Crippen LogP contribution is 2.32. The lowest BCUT2D eigenvalue weighted by Crippen LogP contribution is -2.25. The van der Waals surface area contributed by atoms with Gasteiger partial charge in [0.2, 0.25) is 5.91 Å². The molecule has 2 nitrogen and oxygen atoms in total. The molecule has 0 atom stereocenters. The summed E-state index contributed by atoms with van der Waals surface area (Å²) in [6.45, 7) is 6.30. The minimum Gasteiger partial charge on any atom is -0.342 e. The first kappa shape index (κ1) is 25.4. The van der Waals surface area contributed by atoms with Gasteiger partial charge in [0.25, 0.3) is 0 Å². The molecule has 0 saturated carbocycles. The first-order valence-electron chi connectivity index (χ1n) is 12.0. The van der Waals surface area contributed by atoms with E-state index in [0.717, 1.165) is 31.2 Å². The van der Waals surface area contributed by atoms with Crippen molar-refractivity contribution in [2.75, 3.05) is 13.6 Å². The van der Waals surface area contributed by atoms with Crippen molar-refractivity contribution in [1.29, 1.82) is 0 Å². The lowest BCUT2D eigenvalue weighted by atomic mass is 9.96. The number of halogens is 2. The average molecular weight is 462 g/mol. The maximum absolute atomic E-state index is 15.0. The van der Waals surface area contributed by atoms with E-state index in [0.29, 0.717) is 17.7 Å². The van der Waals surface area contributed by atoms with E-state index in [9.17, 15) is 13.6 Å². The molecule has 1 amide bonds. The molecular formula is C30H33F2NO. The van der Waals surface area contributed by atoms with Crippen molar-refractivity contribution in [3.63, 3.8) is 0 Å². The lowest BCUT2D eigenvalue weighted by molar-refractivity contribution is -0.124. The van der Waals surface area contributed by atoms with Crippen molar-refractivity contribution in [2.45, 2.75) is 45.4 Å². The molecule has 34 heavy (non-hydrogen) atoms. The van der Waals surface area contributed by atoms with E-state index in [1.807, 2.05) is 48.5 Å². The van der Waals surface area contributed by atoms with E-state index in [2.05, 4.69) is 13.5 Å². The van der Waals surface area contributed by atoms with E-state index in [1.54, 1.807) is 24.1 Å². The Morgan fingerprint density at radius 2 is 1.26 bits per heavy atom. The average Bonchev–Trinajstić information content (AvgIpc) is 2.86. The van der Waals surface area contributed by atoms with E-state index < -0.39 is 11.6 Å². The summed E-state index contributed by atoms with van der Waals surface area (Å²) in [5, 5.41) is 0. The molecule has 4 heteroatoms. The molecule has 0 bridgehead atoms. The summed E-state index contributed by atoms with van der Waals surface area (Å²) >= 11 is 0. The Balaban J connectivity index is 1.68. The summed E-state index contributed by atoms with van der Waals surface area (Å²) in [6, 6.07) is 18.5. The van der Waals surface area contributed by atoms with Gasteiger partial charge in [0.15, 0.2) is 11.6 Å². The molecule has 0 aromatic heterocycles. The zero-order chi connectivity index (χ0) is 24.5. The summed E-state index contributed by atoms with van der Waals surface area (Å²) in [4.78, 5) is 13.2. The van der Waals surface area contributed by atoms with Gasteiger partial charge in [-0.2, -0.15) is 0 Å². The Hall–Kier alpha value is -3.27. The van der Waals surface area contributed by atoms with Crippen molar-refractivity contribution >= 4 is 5.91 Å². The predicted octanol–water partition coefficient (Wildman–Crippen LogP) is 7.61. The largest absolute Gasteiger partial charge is 0.342 e. The van der Waals surface area contributed by atoms with Crippen LogP contribution in [-0.2, 0) is 17.6 Å². The first-order chi connectivity index (χ1) is 16.4. The zero-order valence-electron chi connectivity index (χ0n) is 20.1. The lowest BCUT2D eigenvalue weighted by Gasteiger charge is -2.14. The van der Waals surface area contributed by atoms with Crippen LogP contribution in [-0.4, -0.2) is 24.4 Å². The highest BCUT2D eigenvalue weighted by molar-refractivity contribution is 5.86. The number of hydrogen-bond donors (Lipinski definition) is 0. The number of amides is 1. The van der Waals surface area contributed by atoms with Crippen LogP contribution < -0.4 is 0 Å². The fraction of sp³-hybridized carbons (Fsp3) is 0.300. The molecule has 178 valence electrons. The van der Waals surface area contributed by atoms with Gasteiger partial charge >= 0.3 is 0 Å². The van der Waals surface area contributed by atoms with Gasteiger partial charge in [0.05, 0.1) is 0 Å². The summed E-state index contributed by atoms with van der Waals surface area (Å²) in [5.41, 5.74) is 4.14. The van der Waals surface area contributed by atoms with Crippen LogP contribution in [0.25, 0.3) is 22.3 Å². The Morgan fingerprint density at radius 3 is 1.71 bits per heavy atom. The number of nitrogens with zero attached hydrogens (tertiary/aromatic N) is 1. The van der Waals surface area contributed by atoms with Crippen LogP contribution in [0, 0.1) is 11.6 Å². The van der Waals surface area contributed by atoms with E-state index in [4.69, 9.17) is 0 Å². The normalized spacial score (nSPS) is 10.8. The zero-order valence-corrected chi connectivity index (χ0v) is 20.1. The number of likely N-dealkylation sites (N-methyl/N-ethyl adjacent to an activating group) is 1. The van der Waals surface area contributed by atoms with Crippen LogP contribution >= 0.6 is 0 Å². The highest BCUT2D eigenvalue weighted by atomic mass is 19.2. The molecule has 0 radical (unpaired) electrons. The van der Waals surface area contributed by atoms with Gasteiger partial charge in [-0.3, -0.25) is 4.79 Å². The molecular weight excluding hydrogens is 428 g/mol. The van der Waals surface area contributed by atoms with Crippen molar-refractivity contribution in [3.8, 4) is 22.3 Å². The topological polar surface area (TPSA) is 20.3 Å². The van der Waals surface area contributed by atoms with E-state index >= 15 is 0 Å². The highest BCUT2D eigenvalue weighted by Gasteiger charge is 2.16. The maximum Gasteiger partial charge on any atom is 0.245 e. The fourth-order valence-electron chi connectivity index (χ4n) is 4.06. The van der Waals surface area contributed by atoms with Crippen molar-refractivity contribution in [1.82, 2.24) is 4.90 Å². The molecule has 0 unspecified atom stereocenters. The number of carbonyl (C=O) groups is 1. The van der Waals surface area contributed by atoms with Gasteiger partial charge in [-0.1, -0.05) is 87.0 Å². The number of aryl methyl sites for hydroxylation is 2. The third-order valence-corrected chi connectivity index (χ3v) is 6.19. The smallest absolute Gasteiger partial charge is 0.245 e. The van der Waals surface area contributed by atoms with Crippen LogP contribution in [0.5, 0.6) is 0 Å². The SMILES string of the molecule is C=CC(=O)N(C)CCCc1ccc(-c2ccc(-c3ccc(CCCCC)cc3)c(F)c2F)cc1. The van der Waals surface area contributed by atoms with Crippen molar-refractivity contribution in [2.24, 2.45) is 0 Å². The first-order valence-corrected chi connectivity index (χ1v) is 12.0. The van der Waals surface area contributed by atoms with Gasteiger partial charge in [-0.05, 0) is 54.0 Å². The molecule has 0 aliphatic carbocycles. The predicted molar refractivity (Wildman–Crippen MR) is 137 cm³/mol. The van der Waals surface area contributed by atoms with E-state index in [1.165, 1.54) is 24.5 Å². The van der Waals surface area contributed by atoms with Crippen LogP contribution in [0.2, 0.25) is 0 Å². The van der Waals surface area contributed by atoms with Gasteiger partial charge in [0, 0.05) is 24.7 Å². The minimum absolute atomic E-state index is 0.0980. The van der Waals surface area contributed by atoms with Crippen molar-refractivity contribution in [3.05, 3.63) is 96.1 Å². The second kappa shape index (κ2) is 12.3. The fourth-order valence-corrected chi connectivity index (χ4v) is 4.06. The molecule has 3 aromatic carbocycles. The van der Waals surface area contributed by atoms with Crippen LogP contribution in [0.3, 0.4) is 0 Å². The minimum atomic E-state index is -0.832. The van der Waals surface area contributed by atoms with Gasteiger partial charge in [-0.25, -0.2) is 8.78 Å². The number of rotatable bonds is 11. The summed E-state index contributed by atoms with van der Waals surface area (Å²) in [7, 11) is 1.75. The second-order valence-electron chi connectivity index (χ2n) is 8.71.